The summed E-state index contributed by atoms with van der Waals surface area (Å²) in [7, 11) is 0. The van der Waals surface area contributed by atoms with E-state index in [4.69, 9.17) is 9.47 Å². The second-order valence-corrected chi connectivity index (χ2v) is 4.98. The number of carbonyl (C=O) groups is 2. The second kappa shape index (κ2) is 8.10. The maximum atomic E-state index is 13.5. The topological polar surface area (TPSA) is 64.6 Å². The van der Waals surface area contributed by atoms with E-state index >= 15 is 0 Å². The average molecular weight is 331 g/mol. The third-order valence-corrected chi connectivity index (χ3v) is 3.16. The van der Waals surface area contributed by atoms with Crippen molar-refractivity contribution in [3.8, 4) is 5.75 Å². The van der Waals surface area contributed by atoms with Crippen LogP contribution < -0.4 is 10.1 Å². The first-order valence-electron chi connectivity index (χ1n) is 7.50. The molecule has 0 heterocycles. The van der Waals surface area contributed by atoms with Crippen LogP contribution in [0.4, 0.5) is 10.1 Å². The Kier molecular flexibility index (Phi) is 5.89. The van der Waals surface area contributed by atoms with E-state index in [0.29, 0.717) is 11.3 Å². The van der Waals surface area contributed by atoms with Gasteiger partial charge in [-0.1, -0.05) is 18.2 Å². The molecule has 0 aliphatic rings. The molecule has 0 bridgehead atoms. The van der Waals surface area contributed by atoms with E-state index in [0.717, 1.165) is 0 Å². The molecule has 1 N–H and O–H groups in total. The number of rotatable bonds is 6. The molecule has 2 aromatic carbocycles. The molecular weight excluding hydrogens is 313 g/mol. The molecule has 0 aliphatic carbocycles. The van der Waals surface area contributed by atoms with Gasteiger partial charge in [-0.05, 0) is 44.2 Å². The maximum Gasteiger partial charge on any atom is 0.338 e. The lowest BCUT2D eigenvalue weighted by atomic mass is 10.2. The molecule has 24 heavy (non-hydrogen) atoms. The Bertz CT molecular complexity index is 732. The van der Waals surface area contributed by atoms with E-state index in [1.807, 2.05) is 0 Å². The molecule has 5 nitrogen and oxygen atoms in total. The predicted octanol–water partition coefficient (Wildman–Crippen LogP) is 3.41. The first kappa shape index (κ1) is 17.5. The molecule has 0 unspecified atom stereocenters. The minimum absolute atomic E-state index is 0.0817. The van der Waals surface area contributed by atoms with Gasteiger partial charge in [-0.25, -0.2) is 9.18 Å². The molecule has 0 spiro atoms. The van der Waals surface area contributed by atoms with Gasteiger partial charge in [-0.2, -0.15) is 0 Å². The number of hydrogen-bond donors (Lipinski definition) is 1. The van der Waals surface area contributed by atoms with Crippen molar-refractivity contribution in [1.29, 1.82) is 0 Å². The van der Waals surface area contributed by atoms with E-state index in [-0.39, 0.29) is 12.3 Å². The van der Waals surface area contributed by atoms with Gasteiger partial charge in [-0.3, -0.25) is 4.79 Å². The van der Waals surface area contributed by atoms with Crippen LogP contribution in [0.5, 0.6) is 5.75 Å². The van der Waals surface area contributed by atoms with Crippen molar-refractivity contribution >= 4 is 17.6 Å². The van der Waals surface area contributed by atoms with Crippen LogP contribution in [0, 0.1) is 5.82 Å². The van der Waals surface area contributed by atoms with Gasteiger partial charge in [0.1, 0.15) is 11.6 Å². The number of hydrogen-bond acceptors (Lipinski definition) is 4. The average Bonchev–Trinajstić information content (AvgIpc) is 2.57. The number of esters is 1. The lowest BCUT2D eigenvalue weighted by Crippen LogP contribution is -2.30. The molecule has 0 fully saturated rings. The monoisotopic (exact) mass is 331 g/mol. The molecule has 0 saturated carbocycles. The van der Waals surface area contributed by atoms with Crippen molar-refractivity contribution < 1.29 is 23.5 Å². The summed E-state index contributed by atoms with van der Waals surface area (Å²) in [5.74, 6) is -1.15. The smallest absolute Gasteiger partial charge is 0.338 e. The molecule has 1 atom stereocenters. The van der Waals surface area contributed by atoms with E-state index in [2.05, 4.69) is 5.32 Å². The van der Waals surface area contributed by atoms with Crippen LogP contribution in [0.3, 0.4) is 0 Å². The van der Waals surface area contributed by atoms with E-state index in [1.54, 1.807) is 31.2 Å². The predicted molar refractivity (Wildman–Crippen MR) is 87.5 cm³/mol. The van der Waals surface area contributed by atoms with Crippen molar-refractivity contribution in [1.82, 2.24) is 0 Å². The number of benzene rings is 2. The van der Waals surface area contributed by atoms with Crippen LogP contribution in [0.25, 0.3) is 0 Å². The largest absolute Gasteiger partial charge is 0.481 e. The Morgan fingerprint density at radius 3 is 2.62 bits per heavy atom. The summed E-state index contributed by atoms with van der Waals surface area (Å²) in [6.07, 6.45) is -0.873. The van der Waals surface area contributed by atoms with Crippen LogP contribution in [-0.2, 0) is 9.53 Å². The summed E-state index contributed by atoms with van der Waals surface area (Å²) in [6, 6.07) is 12.2. The Labute approximate surface area is 139 Å². The van der Waals surface area contributed by atoms with Crippen LogP contribution >= 0.6 is 0 Å². The maximum absolute atomic E-state index is 13.5. The molecule has 126 valence electrons. The Hall–Kier alpha value is -2.89. The number of ether oxygens (including phenoxy) is 2. The van der Waals surface area contributed by atoms with Crippen LogP contribution in [-0.4, -0.2) is 24.6 Å². The highest BCUT2D eigenvalue weighted by atomic mass is 19.1. The van der Waals surface area contributed by atoms with E-state index < -0.39 is 23.8 Å². The van der Waals surface area contributed by atoms with E-state index in [9.17, 15) is 14.0 Å². The summed E-state index contributed by atoms with van der Waals surface area (Å²) in [4.78, 5) is 23.8. The molecule has 6 heteroatoms. The second-order valence-electron chi connectivity index (χ2n) is 4.98. The summed E-state index contributed by atoms with van der Waals surface area (Å²) in [5.41, 5.74) is 0.411. The number of anilines is 1. The molecule has 2 aromatic rings. The summed E-state index contributed by atoms with van der Waals surface area (Å²) in [6.45, 7) is 3.52. The Morgan fingerprint density at radius 1 is 1.17 bits per heavy atom. The van der Waals surface area contributed by atoms with Crippen molar-refractivity contribution in [3.05, 3.63) is 59.9 Å². The molecule has 0 saturated heterocycles. The highest BCUT2D eigenvalue weighted by Gasteiger charge is 2.17. The SMILES string of the molecule is CCOC(=O)c1cccc(O[C@@H](C)C(=O)Nc2ccccc2F)c1. The third-order valence-electron chi connectivity index (χ3n) is 3.16. The molecular formula is C18H18FNO4. The van der Waals surface area contributed by atoms with Crippen LogP contribution in [0.15, 0.2) is 48.5 Å². The van der Waals surface area contributed by atoms with Gasteiger partial charge in [0.15, 0.2) is 6.10 Å². The lowest BCUT2D eigenvalue weighted by Gasteiger charge is -2.15. The van der Waals surface area contributed by atoms with Crippen LogP contribution in [0.2, 0.25) is 0 Å². The number of nitrogens with one attached hydrogen (secondary N) is 1. The lowest BCUT2D eigenvalue weighted by molar-refractivity contribution is -0.122. The number of amides is 1. The Balaban J connectivity index is 2.02. The zero-order valence-electron chi connectivity index (χ0n) is 13.4. The fourth-order valence-electron chi connectivity index (χ4n) is 1.97. The number of carbonyl (C=O) groups excluding carboxylic acids is 2. The molecule has 0 aliphatic heterocycles. The van der Waals surface area contributed by atoms with Gasteiger partial charge in [-0.15, -0.1) is 0 Å². The van der Waals surface area contributed by atoms with Gasteiger partial charge < -0.3 is 14.8 Å². The zero-order valence-corrected chi connectivity index (χ0v) is 13.4. The molecule has 1 amide bonds. The fraction of sp³-hybridized carbons (Fsp3) is 0.222. The standard InChI is InChI=1S/C18H18FNO4/c1-3-23-18(22)13-7-6-8-14(11-13)24-12(2)17(21)20-16-10-5-4-9-15(16)19/h4-12H,3H2,1-2H3,(H,20,21)/t12-/m0/s1. The highest BCUT2D eigenvalue weighted by Crippen LogP contribution is 2.17. The zero-order chi connectivity index (χ0) is 17.5. The van der Waals surface area contributed by atoms with Gasteiger partial charge in [0.05, 0.1) is 17.9 Å². The number of halogens is 1. The first-order chi connectivity index (χ1) is 11.5. The minimum Gasteiger partial charge on any atom is -0.481 e. The van der Waals surface area contributed by atoms with Gasteiger partial charge in [0.25, 0.3) is 5.91 Å². The van der Waals surface area contributed by atoms with Crippen LogP contribution in [0.1, 0.15) is 24.2 Å². The first-order valence-corrected chi connectivity index (χ1v) is 7.50. The molecule has 0 aromatic heterocycles. The molecule has 2 rings (SSSR count). The normalized spacial score (nSPS) is 11.5. The third kappa shape index (κ3) is 4.55. The van der Waals surface area contributed by atoms with Crippen molar-refractivity contribution in [2.24, 2.45) is 0 Å². The van der Waals surface area contributed by atoms with E-state index in [1.165, 1.54) is 31.2 Å². The fourth-order valence-corrected chi connectivity index (χ4v) is 1.97. The van der Waals surface area contributed by atoms with Crippen molar-refractivity contribution in [2.45, 2.75) is 20.0 Å². The van der Waals surface area contributed by atoms with Crippen molar-refractivity contribution in [2.75, 3.05) is 11.9 Å². The number of para-hydroxylation sites is 1. The van der Waals surface area contributed by atoms with Gasteiger partial charge in [0, 0.05) is 0 Å². The van der Waals surface area contributed by atoms with Gasteiger partial charge >= 0.3 is 5.97 Å². The summed E-state index contributed by atoms with van der Waals surface area (Å²) in [5, 5.41) is 2.46. The quantitative estimate of drug-likeness (QED) is 0.824. The summed E-state index contributed by atoms with van der Waals surface area (Å²) >= 11 is 0. The van der Waals surface area contributed by atoms with Gasteiger partial charge in [0.2, 0.25) is 0 Å². The van der Waals surface area contributed by atoms with Crippen molar-refractivity contribution in [3.63, 3.8) is 0 Å². The molecule has 0 radical (unpaired) electrons. The minimum atomic E-state index is -0.873. The summed E-state index contributed by atoms with van der Waals surface area (Å²) < 4.78 is 24.0. The Morgan fingerprint density at radius 2 is 1.92 bits per heavy atom. The highest BCUT2D eigenvalue weighted by molar-refractivity contribution is 5.94.